The topological polar surface area (TPSA) is 41.5 Å². The molecule has 3 fully saturated rings. The first-order chi connectivity index (χ1) is 7.67. The lowest BCUT2D eigenvalue weighted by molar-refractivity contribution is -0.0960. The molecule has 2 bridgehead atoms. The van der Waals surface area contributed by atoms with Crippen molar-refractivity contribution in [3.05, 3.63) is 0 Å². The van der Waals surface area contributed by atoms with E-state index in [2.05, 4.69) is 5.32 Å². The van der Waals surface area contributed by atoms with E-state index in [0.717, 1.165) is 26.1 Å². The van der Waals surface area contributed by atoms with Gasteiger partial charge < -0.3 is 15.2 Å². The molecule has 3 aliphatic heterocycles. The van der Waals surface area contributed by atoms with Crippen LogP contribution in [-0.2, 0) is 4.74 Å². The van der Waals surface area contributed by atoms with Gasteiger partial charge in [-0.1, -0.05) is 0 Å². The van der Waals surface area contributed by atoms with E-state index in [1.807, 2.05) is 6.92 Å². The molecule has 0 saturated carbocycles. The average Bonchev–Trinajstić information content (AvgIpc) is 2.62. The maximum Gasteiger partial charge on any atom is 0.0681 e. The second-order valence-corrected chi connectivity index (χ2v) is 6.11. The molecule has 0 radical (unpaired) electrons. The van der Waals surface area contributed by atoms with Crippen molar-refractivity contribution in [2.75, 3.05) is 13.2 Å². The van der Waals surface area contributed by atoms with Gasteiger partial charge >= 0.3 is 0 Å². The molecule has 2 N–H and O–H groups in total. The lowest BCUT2D eigenvalue weighted by Gasteiger charge is -2.47. The highest BCUT2D eigenvalue weighted by molar-refractivity contribution is 5.05. The minimum atomic E-state index is -0.484. The van der Waals surface area contributed by atoms with Crippen molar-refractivity contribution in [3.63, 3.8) is 0 Å². The van der Waals surface area contributed by atoms with Crippen LogP contribution in [0.15, 0.2) is 0 Å². The Bertz CT molecular complexity index is 261. The molecule has 0 amide bonds. The fourth-order valence-electron chi connectivity index (χ4n) is 4.25. The van der Waals surface area contributed by atoms with E-state index < -0.39 is 5.60 Å². The molecule has 5 unspecified atom stereocenters. The zero-order valence-electron chi connectivity index (χ0n) is 10.1. The molecule has 0 aliphatic carbocycles. The van der Waals surface area contributed by atoms with Crippen molar-refractivity contribution < 1.29 is 9.84 Å². The first-order valence-electron chi connectivity index (χ1n) is 6.73. The number of aliphatic hydroxyl groups is 1. The Morgan fingerprint density at radius 1 is 1.31 bits per heavy atom. The van der Waals surface area contributed by atoms with Crippen molar-refractivity contribution in [1.29, 1.82) is 0 Å². The summed E-state index contributed by atoms with van der Waals surface area (Å²) in [4.78, 5) is 0. The van der Waals surface area contributed by atoms with Crippen molar-refractivity contribution in [1.82, 2.24) is 5.32 Å². The number of hydrogen-bond acceptors (Lipinski definition) is 3. The summed E-state index contributed by atoms with van der Waals surface area (Å²) in [7, 11) is 0. The lowest BCUT2D eigenvalue weighted by Crippen LogP contribution is -2.58. The summed E-state index contributed by atoms with van der Waals surface area (Å²) in [5.41, 5.74) is -0.484. The maximum absolute atomic E-state index is 10.7. The van der Waals surface area contributed by atoms with Crippen LogP contribution in [-0.4, -0.2) is 36.0 Å². The van der Waals surface area contributed by atoms with Crippen LogP contribution >= 0.6 is 0 Å². The molecule has 0 aromatic heterocycles. The van der Waals surface area contributed by atoms with Crippen LogP contribution in [0.2, 0.25) is 0 Å². The van der Waals surface area contributed by atoms with Crippen molar-refractivity contribution in [3.8, 4) is 0 Å². The lowest BCUT2D eigenvalue weighted by atomic mass is 9.69. The van der Waals surface area contributed by atoms with Crippen LogP contribution in [0, 0.1) is 11.8 Å². The molecular weight excluding hydrogens is 202 g/mol. The summed E-state index contributed by atoms with van der Waals surface area (Å²) in [6.07, 6.45) is 5.79. The summed E-state index contributed by atoms with van der Waals surface area (Å²) in [5, 5.41) is 14.3. The summed E-state index contributed by atoms with van der Waals surface area (Å²) < 4.78 is 5.60. The van der Waals surface area contributed by atoms with E-state index in [4.69, 9.17) is 4.74 Å². The average molecular weight is 225 g/mol. The Morgan fingerprint density at radius 2 is 2.19 bits per heavy atom. The molecule has 3 rings (SSSR count). The highest BCUT2D eigenvalue weighted by atomic mass is 16.5. The van der Waals surface area contributed by atoms with E-state index in [-0.39, 0.29) is 0 Å². The molecule has 16 heavy (non-hydrogen) atoms. The third-order valence-corrected chi connectivity index (χ3v) is 4.79. The van der Waals surface area contributed by atoms with Gasteiger partial charge in [0.2, 0.25) is 0 Å². The van der Waals surface area contributed by atoms with Crippen LogP contribution in [0.1, 0.15) is 39.0 Å². The Hall–Kier alpha value is -0.120. The predicted octanol–water partition coefficient (Wildman–Crippen LogP) is 1.30. The Balaban J connectivity index is 1.79. The zero-order chi connectivity index (χ0) is 11.2. The molecule has 5 atom stereocenters. The standard InChI is InChI=1S/C13H23NO2/c1-13(15)7-10-4-5-11(14-10)12(13)9-3-2-6-16-8-9/h9-12,14-15H,2-8H2,1H3. The van der Waals surface area contributed by atoms with Gasteiger partial charge in [0.05, 0.1) is 5.60 Å². The SMILES string of the molecule is CC1(O)CC2CCC(N2)C1C1CCCOC1. The monoisotopic (exact) mass is 225 g/mol. The number of fused-ring (bicyclic) bond motifs is 2. The molecule has 3 heteroatoms. The second kappa shape index (κ2) is 3.97. The minimum Gasteiger partial charge on any atom is -0.390 e. The summed E-state index contributed by atoms with van der Waals surface area (Å²) in [5.74, 6) is 0.951. The molecule has 0 spiro atoms. The van der Waals surface area contributed by atoms with Gasteiger partial charge in [0, 0.05) is 31.2 Å². The molecular formula is C13H23NO2. The van der Waals surface area contributed by atoms with Crippen LogP contribution < -0.4 is 5.32 Å². The van der Waals surface area contributed by atoms with E-state index >= 15 is 0 Å². The van der Waals surface area contributed by atoms with Gasteiger partial charge in [-0.25, -0.2) is 0 Å². The van der Waals surface area contributed by atoms with Crippen molar-refractivity contribution in [2.45, 2.75) is 56.7 Å². The normalized spacial score (nSPS) is 52.9. The first-order valence-corrected chi connectivity index (χ1v) is 6.73. The maximum atomic E-state index is 10.7. The Labute approximate surface area is 97.6 Å². The molecule has 0 aromatic rings. The molecule has 3 heterocycles. The van der Waals surface area contributed by atoms with Gasteiger partial charge in [-0.15, -0.1) is 0 Å². The van der Waals surface area contributed by atoms with Crippen LogP contribution in [0.4, 0.5) is 0 Å². The molecule has 3 nitrogen and oxygen atoms in total. The van der Waals surface area contributed by atoms with E-state index in [9.17, 15) is 5.11 Å². The fourth-order valence-corrected chi connectivity index (χ4v) is 4.25. The number of rotatable bonds is 1. The Kier molecular flexibility index (Phi) is 2.73. The fraction of sp³-hybridized carbons (Fsp3) is 1.00. The van der Waals surface area contributed by atoms with Crippen LogP contribution in [0.5, 0.6) is 0 Å². The largest absolute Gasteiger partial charge is 0.390 e. The zero-order valence-corrected chi connectivity index (χ0v) is 10.1. The number of hydrogen-bond donors (Lipinski definition) is 2. The third kappa shape index (κ3) is 1.79. The number of piperidine rings is 1. The van der Waals surface area contributed by atoms with Crippen molar-refractivity contribution in [2.24, 2.45) is 11.8 Å². The van der Waals surface area contributed by atoms with Gasteiger partial charge in [-0.2, -0.15) is 0 Å². The molecule has 3 aliphatic rings. The predicted molar refractivity (Wildman–Crippen MR) is 62.2 cm³/mol. The van der Waals surface area contributed by atoms with E-state index in [1.54, 1.807) is 0 Å². The van der Waals surface area contributed by atoms with Crippen molar-refractivity contribution >= 4 is 0 Å². The van der Waals surface area contributed by atoms with E-state index in [0.29, 0.717) is 23.9 Å². The quantitative estimate of drug-likeness (QED) is 0.707. The summed E-state index contributed by atoms with van der Waals surface area (Å²) in [6.45, 7) is 3.80. The number of nitrogens with one attached hydrogen (secondary N) is 1. The molecule has 0 aromatic carbocycles. The third-order valence-electron chi connectivity index (χ3n) is 4.79. The van der Waals surface area contributed by atoms with Gasteiger partial charge in [0.25, 0.3) is 0 Å². The molecule has 3 saturated heterocycles. The summed E-state index contributed by atoms with van der Waals surface area (Å²) in [6, 6.07) is 1.08. The van der Waals surface area contributed by atoms with Gasteiger partial charge in [0.15, 0.2) is 0 Å². The highest BCUT2D eigenvalue weighted by Gasteiger charge is 2.50. The van der Waals surface area contributed by atoms with Gasteiger partial charge in [-0.3, -0.25) is 0 Å². The van der Waals surface area contributed by atoms with Crippen LogP contribution in [0.25, 0.3) is 0 Å². The highest BCUT2D eigenvalue weighted by Crippen LogP contribution is 2.44. The smallest absolute Gasteiger partial charge is 0.0681 e. The summed E-state index contributed by atoms with van der Waals surface area (Å²) >= 11 is 0. The Morgan fingerprint density at radius 3 is 2.94 bits per heavy atom. The van der Waals surface area contributed by atoms with Gasteiger partial charge in [0.1, 0.15) is 0 Å². The van der Waals surface area contributed by atoms with E-state index in [1.165, 1.54) is 19.3 Å². The van der Waals surface area contributed by atoms with Gasteiger partial charge in [-0.05, 0) is 44.9 Å². The number of ether oxygens (including phenoxy) is 1. The second-order valence-electron chi connectivity index (χ2n) is 6.11. The molecule has 92 valence electrons. The van der Waals surface area contributed by atoms with Crippen LogP contribution in [0.3, 0.4) is 0 Å². The first kappa shape index (κ1) is 11.0. The minimum absolute atomic E-state index is 0.395.